The molecule has 0 radical (unpaired) electrons. The molecular weight excluding hydrogens is 260 g/mol. The number of carbonyl (C=O) groups is 4. The van der Waals surface area contributed by atoms with E-state index in [1.165, 1.54) is 0 Å². The molecule has 0 aliphatic heterocycles. The van der Waals surface area contributed by atoms with Crippen molar-refractivity contribution in [3.63, 3.8) is 0 Å². The van der Waals surface area contributed by atoms with Gasteiger partial charge in [0, 0.05) is 0 Å². The number of aliphatic carboxylic acids is 4. The summed E-state index contributed by atoms with van der Waals surface area (Å²) >= 11 is 0. The summed E-state index contributed by atoms with van der Waals surface area (Å²) in [7, 11) is 0. The van der Waals surface area contributed by atoms with E-state index in [0.29, 0.717) is 0 Å². The minimum atomic E-state index is -1.26. The summed E-state index contributed by atoms with van der Waals surface area (Å²) in [6, 6.07) is 0. The van der Waals surface area contributed by atoms with Crippen LogP contribution in [0.1, 0.15) is 32.1 Å². The van der Waals surface area contributed by atoms with Gasteiger partial charge in [0.05, 0.1) is 24.7 Å². The van der Waals surface area contributed by atoms with Crippen LogP contribution in [0, 0.1) is 11.8 Å². The molecule has 4 N–H and O–H groups in total. The summed E-state index contributed by atoms with van der Waals surface area (Å²) in [5.74, 6) is -7.17. The molecule has 108 valence electrons. The van der Waals surface area contributed by atoms with Gasteiger partial charge in [-0.05, 0) is 12.8 Å². The largest absolute Gasteiger partial charge is 0.481 e. The second-order valence-corrected chi connectivity index (χ2v) is 4.20. The van der Waals surface area contributed by atoms with E-state index in [9.17, 15) is 19.2 Å². The minimum absolute atomic E-state index is 0.00499. The summed E-state index contributed by atoms with van der Waals surface area (Å²) in [5.41, 5.74) is 0. The minimum Gasteiger partial charge on any atom is -0.481 e. The molecule has 0 aliphatic rings. The van der Waals surface area contributed by atoms with Gasteiger partial charge in [-0.2, -0.15) is 0 Å². The molecule has 0 fully saturated rings. The van der Waals surface area contributed by atoms with Crippen LogP contribution in [0.4, 0.5) is 0 Å². The van der Waals surface area contributed by atoms with Crippen molar-refractivity contribution >= 4 is 23.9 Å². The predicted molar refractivity (Wildman–Crippen MR) is 60.6 cm³/mol. The Bertz CT molecular complexity index is 328. The molecule has 0 rings (SSSR count). The van der Waals surface area contributed by atoms with Gasteiger partial charge in [-0.1, -0.05) is 6.42 Å². The van der Waals surface area contributed by atoms with Crippen molar-refractivity contribution < 1.29 is 39.6 Å². The fourth-order valence-corrected chi connectivity index (χ4v) is 1.66. The Hall–Kier alpha value is -2.12. The molecule has 0 aromatic heterocycles. The smallest absolute Gasteiger partial charge is 0.307 e. The van der Waals surface area contributed by atoms with Gasteiger partial charge in [0.25, 0.3) is 0 Å². The van der Waals surface area contributed by atoms with E-state index in [-0.39, 0.29) is 19.3 Å². The molecule has 0 aliphatic carbocycles. The van der Waals surface area contributed by atoms with Gasteiger partial charge in [-0.3, -0.25) is 19.2 Å². The van der Waals surface area contributed by atoms with Gasteiger partial charge in [-0.15, -0.1) is 0 Å². The van der Waals surface area contributed by atoms with Gasteiger partial charge in [0.15, 0.2) is 0 Å². The predicted octanol–water partition coefficient (Wildman–Crippen LogP) is 0.508. The van der Waals surface area contributed by atoms with E-state index < -0.39 is 48.6 Å². The quantitative estimate of drug-likeness (QED) is 0.450. The summed E-state index contributed by atoms with van der Waals surface area (Å²) in [4.78, 5) is 42.4. The molecule has 8 nitrogen and oxygen atoms in total. The van der Waals surface area contributed by atoms with E-state index >= 15 is 0 Å². The second kappa shape index (κ2) is 8.06. The Morgan fingerprint density at radius 3 is 1.21 bits per heavy atom. The van der Waals surface area contributed by atoms with E-state index in [2.05, 4.69) is 0 Å². The topological polar surface area (TPSA) is 149 Å². The van der Waals surface area contributed by atoms with Crippen molar-refractivity contribution in [2.75, 3.05) is 0 Å². The van der Waals surface area contributed by atoms with Crippen LogP contribution in [-0.4, -0.2) is 44.3 Å². The van der Waals surface area contributed by atoms with Gasteiger partial charge in [0.2, 0.25) is 0 Å². The highest BCUT2D eigenvalue weighted by atomic mass is 16.4. The molecule has 2 unspecified atom stereocenters. The lowest BCUT2D eigenvalue weighted by atomic mass is 9.93. The van der Waals surface area contributed by atoms with Gasteiger partial charge >= 0.3 is 23.9 Å². The van der Waals surface area contributed by atoms with E-state index in [4.69, 9.17) is 20.4 Å². The maximum atomic E-state index is 10.7. The fourth-order valence-electron chi connectivity index (χ4n) is 1.66. The van der Waals surface area contributed by atoms with Crippen molar-refractivity contribution in [3.05, 3.63) is 0 Å². The number of rotatable bonds is 10. The zero-order valence-electron chi connectivity index (χ0n) is 10.1. The standard InChI is InChI=1S/C11H16O8/c12-8(13)4-6(10(16)17)2-1-3-7(11(18)19)5-9(14)15/h6-7H,1-5H2,(H,12,13)(H,14,15)(H,16,17)(H,18,19). The molecule has 8 heteroatoms. The van der Waals surface area contributed by atoms with E-state index in [1.807, 2.05) is 0 Å². The first-order valence-corrected chi connectivity index (χ1v) is 5.63. The van der Waals surface area contributed by atoms with Crippen LogP contribution in [0.15, 0.2) is 0 Å². The van der Waals surface area contributed by atoms with Crippen LogP contribution in [0.5, 0.6) is 0 Å². The van der Waals surface area contributed by atoms with Crippen LogP contribution in [0.3, 0.4) is 0 Å². The molecule has 0 saturated carbocycles. The number of carboxylic acid groups (broad SMARTS) is 4. The third kappa shape index (κ3) is 7.74. The zero-order valence-corrected chi connectivity index (χ0v) is 10.1. The van der Waals surface area contributed by atoms with E-state index in [1.54, 1.807) is 0 Å². The van der Waals surface area contributed by atoms with Crippen molar-refractivity contribution in [1.82, 2.24) is 0 Å². The highest BCUT2D eigenvalue weighted by molar-refractivity contribution is 5.78. The summed E-state index contributed by atoms with van der Waals surface area (Å²) in [6.45, 7) is 0. The van der Waals surface area contributed by atoms with Crippen LogP contribution in [0.25, 0.3) is 0 Å². The first-order chi connectivity index (χ1) is 8.73. The molecule has 0 aromatic carbocycles. The Labute approximate surface area is 108 Å². The summed E-state index contributed by atoms with van der Waals surface area (Å²) < 4.78 is 0. The molecule has 0 heterocycles. The Morgan fingerprint density at radius 1 is 0.684 bits per heavy atom. The molecule has 0 spiro atoms. The average Bonchev–Trinajstić information content (AvgIpc) is 2.24. The molecule has 0 amide bonds. The van der Waals surface area contributed by atoms with Crippen LogP contribution >= 0.6 is 0 Å². The third-order valence-corrected chi connectivity index (χ3v) is 2.65. The fraction of sp³-hybridized carbons (Fsp3) is 0.636. The number of carboxylic acids is 4. The maximum Gasteiger partial charge on any atom is 0.307 e. The van der Waals surface area contributed by atoms with Gasteiger partial charge < -0.3 is 20.4 Å². The highest BCUT2D eigenvalue weighted by Gasteiger charge is 2.24. The molecular formula is C11H16O8. The molecule has 0 saturated heterocycles. The highest BCUT2D eigenvalue weighted by Crippen LogP contribution is 2.18. The Morgan fingerprint density at radius 2 is 1.00 bits per heavy atom. The lowest BCUT2D eigenvalue weighted by Crippen LogP contribution is -2.20. The summed E-state index contributed by atoms with van der Waals surface area (Å²) in [6.07, 6.45) is -0.914. The van der Waals surface area contributed by atoms with Crippen LogP contribution < -0.4 is 0 Å². The molecule has 0 aromatic rings. The van der Waals surface area contributed by atoms with E-state index in [0.717, 1.165) is 0 Å². The number of hydrogen-bond acceptors (Lipinski definition) is 4. The zero-order chi connectivity index (χ0) is 15.0. The molecule has 19 heavy (non-hydrogen) atoms. The normalized spacial score (nSPS) is 13.5. The molecule has 0 bridgehead atoms. The Balaban J connectivity index is 4.28. The lowest BCUT2D eigenvalue weighted by molar-refractivity contribution is -0.149. The number of hydrogen-bond donors (Lipinski definition) is 4. The first-order valence-electron chi connectivity index (χ1n) is 5.63. The van der Waals surface area contributed by atoms with Crippen LogP contribution in [0.2, 0.25) is 0 Å². The van der Waals surface area contributed by atoms with Crippen molar-refractivity contribution in [2.24, 2.45) is 11.8 Å². The maximum absolute atomic E-state index is 10.7. The van der Waals surface area contributed by atoms with Crippen molar-refractivity contribution in [1.29, 1.82) is 0 Å². The van der Waals surface area contributed by atoms with Gasteiger partial charge in [0.1, 0.15) is 0 Å². The second-order valence-electron chi connectivity index (χ2n) is 4.20. The first kappa shape index (κ1) is 16.9. The SMILES string of the molecule is O=C(O)CC(CCCC(CC(=O)O)C(=O)O)C(=O)O. The van der Waals surface area contributed by atoms with Crippen molar-refractivity contribution in [3.8, 4) is 0 Å². The summed E-state index contributed by atoms with van der Waals surface area (Å²) in [5, 5.41) is 34.6. The third-order valence-electron chi connectivity index (χ3n) is 2.65. The molecule has 2 atom stereocenters. The lowest BCUT2D eigenvalue weighted by Gasteiger charge is -2.12. The average molecular weight is 276 g/mol. The van der Waals surface area contributed by atoms with Gasteiger partial charge in [-0.25, -0.2) is 0 Å². The Kier molecular flexibility index (Phi) is 7.16. The van der Waals surface area contributed by atoms with Crippen LogP contribution in [-0.2, 0) is 19.2 Å². The van der Waals surface area contributed by atoms with Crippen molar-refractivity contribution in [2.45, 2.75) is 32.1 Å². The monoisotopic (exact) mass is 276 g/mol.